The molecule has 1 unspecified atom stereocenters. The van der Waals surface area contributed by atoms with Crippen molar-refractivity contribution in [2.24, 2.45) is 5.92 Å². The molecule has 0 bridgehead atoms. The third kappa shape index (κ3) is 1.75. The maximum Gasteiger partial charge on any atom is 0.333 e. The Morgan fingerprint density at radius 2 is 1.86 bits per heavy atom. The molecule has 1 fully saturated rings. The minimum absolute atomic E-state index is 0.0885. The summed E-state index contributed by atoms with van der Waals surface area (Å²) in [6.07, 6.45) is 0. The summed E-state index contributed by atoms with van der Waals surface area (Å²) in [5.74, 6) is -0.854. The van der Waals surface area contributed by atoms with Crippen molar-refractivity contribution in [2.45, 2.75) is 6.92 Å². The number of rotatable bonds is 3. The number of amides is 4. The molecule has 1 atom stereocenters. The molecule has 0 aliphatic carbocycles. The first kappa shape index (κ1) is 11.0. The average Bonchev–Trinajstić information content (AvgIpc) is 2.35. The van der Waals surface area contributed by atoms with Gasteiger partial charge in [-0.25, -0.2) is 4.79 Å². The Balaban J connectivity index is 2.75. The molecule has 1 aliphatic heterocycles. The van der Waals surface area contributed by atoms with E-state index in [0.29, 0.717) is 5.75 Å². The van der Waals surface area contributed by atoms with Gasteiger partial charge in [-0.3, -0.25) is 19.4 Å². The zero-order valence-electron chi connectivity index (χ0n) is 8.06. The van der Waals surface area contributed by atoms with E-state index >= 15 is 0 Å². The molecule has 1 aliphatic rings. The van der Waals surface area contributed by atoms with Gasteiger partial charge < -0.3 is 0 Å². The highest BCUT2D eigenvalue weighted by Crippen LogP contribution is 2.12. The Labute approximate surface area is 87.4 Å². The van der Waals surface area contributed by atoms with Gasteiger partial charge in [-0.1, -0.05) is 6.92 Å². The third-order valence-electron chi connectivity index (χ3n) is 2.06. The molecule has 0 saturated carbocycles. The predicted octanol–water partition coefficient (Wildman–Crippen LogP) is -0.0271. The van der Waals surface area contributed by atoms with Crippen LogP contribution in [-0.2, 0) is 9.59 Å². The van der Waals surface area contributed by atoms with Gasteiger partial charge in [0.2, 0.25) is 0 Å². The number of hydrogen-bond donors (Lipinski definition) is 1. The van der Waals surface area contributed by atoms with Crippen molar-refractivity contribution >= 4 is 30.5 Å². The zero-order valence-corrected chi connectivity index (χ0v) is 8.95. The average molecular weight is 216 g/mol. The van der Waals surface area contributed by atoms with Crippen LogP contribution < -0.4 is 0 Å². The SMILES string of the molecule is CC(CS)CN1C(=O)C(=O)N(C)C1=O. The molecule has 0 aromatic heterocycles. The van der Waals surface area contributed by atoms with Crippen LogP contribution in [-0.4, -0.2) is 47.0 Å². The van der Waals surface area contributed by atoms with Crippen LogP contribution in [0.2, 0.25) is 0 Å². The van der Waals surface area contributed by atoms with Gasteiger partial charge >= 0.3 is 17.8 Å². The van der Waals surface area contributed by atoms with Crippen LogP contribution >= 0.6 is 12.6 Å². The number of urea groups is 1. The summed E-state index contributed by atoms with van der Waals surface area (Å²) in [5.41, 5.74) is 0. The quantitative estimate of drug-likeness (QED) is 0.409. The summed E-state index contributed by atoms with van der Waals surface area (Å²) in [6, 6.07) is -0.548. The number of imide groups is 2. The third-order valence-corrected chi connectivity index (χ3v) is 2.68. The second kappa shape index (κ2) is 4.00. The van der Waals surface area contributed by atoms with Crippen LogP contribution in [0.5, 0.6) is 0 Å². The van der Waals surface area contributed by atoms with Gasteiger partial charge in [0.05, 0.1) is 0 Å². The standard InChI is InChI=1S/C8H12N2O3S/c1-5(4-14)3-10-7(12)6(11)9(2)8(10)13/h5,14H,3-4H2,1-2H3. The van der Waals surface area contributed by atoms with E-state index in [1.807, 2.05) is 6.92 Å². The highest BCUT2D eigenvalue weighted by molar-refractivity contribution is 7.80. The Morgan fingerprint density at radius 1 is 1.29 bits per heavy atom. The van der Waals surface area contributed by atoms with Crippen LogP contribution in [0.1, 0.15) is 6.92 Å². The number of likely N-dealkylation sites (N-methyl/N-ethyl adjacent to an activating group) is 1. The smallest absolute Gasteiger partial charge is 0.263 e. The van der Waals surface area contributed by atoms with Gasteiger partial charge in [0.25, 0.3) is 0 Å². The molecule has 1 rings (SSSR count). The van der Waals surface area contributed by atoms with Crippen LogP contribution in [0, 0.1) is 5.92 Å². The Kier molecular flexibility index (Phi) is 3.15. The molecule has 5 nitrogen and oxygen atoms in total. The normalized spacial score (nSPS) is 19.5. The Morgan fingerprint density at radius 3 is 2.21 bits per heavy atom. The monoisotopic (exact) mass is 216 g/mol. The number of carbonyl (C=O) groups is 3. The number of hydrogen-bond acceptors (Lipinski definition) is 4. The van der Waals surface area contributed by atoms with Crippen LogP contribution in [0.4, 0.5) is 4.79 Å². The van der Waals surface area contributed by atoms with Gasteiger partial charge in [-0.2, -0.15) is 12.6 Å². The molecule has 78 valence electrons. The van der Waals surface area contributed by atoms with E-state index in [1.165, 1.54) is 7.05 Å². The second-order valence-corrected chi connectivity index (χ2v) is 3.72. The first-order valence-corrected chi connectivity index (χ1v) is 4.86. The largest absolute Gasteiger partial charge is 0.333 e. The first-order valence-electron chi connectivity index (χ1n) is 4.23. The van der Waals surface area contributed by atoms with E-state index < -0.39 is 17.8 Å². The molecule has 1 heterocycles. The van der Waals surface area contributed by atoms with Crippen molar-refractivity contribution in [1.82, 2.24) is 9.80 Å². The highest BCUT2D eigenvalue weighted by atomic mass is 32.1. The highest BCUT2D eigenvalue weighted by Gasteiger charge is 2.42. The number of thiol groups is 1. The minimum atomic E-state index is -0.763. The van der Waals surface area contributed by atoms with E-state index in [4.69, 9.17) is 0 Å². The first-order chi connectivity index (χ1) is 6.49. The van der Waals surface area contributed by atoms with E-state index in [0.717, 1.165) is 9.80 Å². The van der Waals surface area contributed by atoms with E-state index in [2.05, 4.69) is 12.6 Å². The van der Waals surface area contributed by atoms with Crippen molar-refractivity contribution in [3.63, 3.8) is 0 Å². The lowest BCUT2D eigenvalue weighted by atomic mass is 10.2. The molecule has 0 aromatic rings. The van der Waals surface area contributed by atoms with E-state index in [1.54, 1.807) is 0 Å². The summed E-state index contributed by atoms with van der Waals surface area (Å²) in [6.45, 7) is 2.10. The van der Waals surface area contributed by atoms with E-state index in [9.17, 15) is 14.4 Å². The van der Waals surface area contributed by atoms with Crippen LogP contribution in [0.25, 0.3) is 0 Å². The molecular formula is C8H12N2O3S. The summed E-state index contributed by atoms with van der Waals surface area (Å²) < 4.78 is 0. The van der Waals surface area contributed by atoms with Gasteiger partial charge in [0.1, 0.15) is 0 Å². The van der Waals surface area contributed by atoms with Crippen LogP contribution in [0.3, 0.4) is 0 Å². The summed E-state index contributed by atoms with van der Waals surface area (Å²) in [7, 11) is 1.30. The Hall–Kier alpha value is -1.04. The van der Waals surface area contributed by atoms with Gasteiger partial charge in [0.15, 0.2) is 0 Å². The lowest BCUT2D eigenvalue weighted by Gasteiger charge is -2.16. The molecule has 0 radical (unpaired) electrons. The zero-order chi connectivity index (χ0) is 10.9. The lowest BCUT2D eigenvalue weighted by Crippen LogP contribution is -2.35. The molecule has 0 N–H and O–H groups in total. The fourth-order valence-electron chi connectivity index (χ4n) is 1.14. The predicted molar refractivity (Wildman–Crippen MR) is 52.9 cm³/mol. The molecule has 1 saturated heterocycles. The van der Waals surface area contributed by atoms with Crippen LogP contribution in [0.15, 0.2) is 0 Å². The fraction of sp³-hybridized carbons (Fsp3) is 0.625. The van der Waals surface area contributed by atoms with E-state index in [-0.39, 0.29) is 12.5 Å². The Bertz CT molecular complexity index is 292. The van der Waals surface area contributed by atoms with Crippen molar-refractivity contribution in [2.75, 3.05) is 19.3 Å². The molecule has 0 spiro atoms. The minimum Gasteiger partial charge on any atom is -0.263 e. The van der Waals surface area contributed by atoms with Crippen molar-refractivity contribution in [3.8, 4) is 0 Å². The number of nitrogens with zero attached hydrogens (tertiary/aromatic N) is 2. The van der Waals surface area contributed by atoms with Crippen molar-refractivity contribution in [3.05, 3.63) is 0 Å². The summed E-state index contributed by atoms with van der Waals surface area (Å²) in [4.78, 5) is 35.5. The molecule has 14 heavy (non-hydrogen) atoms. The van der Waals surface area contributed by atoms with Crippen molar-refractivity contribution < 1.29 is 14.4 Å². The fourth-order valence-corrected chi connectivity index (χ4v) is 1.26. The second-order valence-electron chi connectivity index (χ2n) is 3.35. The maximum atomic E-state index is 11.4. The summed E-state index contributed by atoms with van der Waals surface area (Å²) >= 11 is 4.04. The summed E-state index contributed by atoms with van der Waals surface area (Å²) in [5, 5.41) is 0. The van der Waals surface area contributed by atoms with Gasteiger partial charge in [0, 0.05) is 13.6 Å². The lowest BCUT2D eigenvalue weighted by molar-refractivity contribution is -0.143. The molecule has 6 heteroatoms. The van der Waals surface area contributed by atoms with Gasteiger partial charge in [-0.15, -0.1) is 0 Å². The molecule has 0 aromatic carbocycles. The van der Waals surface area contributed by atoms with Crippen molar-refractivity contribution in [1.29, 1.82) is 0 Å². The van der Waals surface area contributed by atoms with Gasteiger partial charge in [-0.05, 0) is 11.7 Å². The molecular weight excluding hydrogens is 204 g/mol. The number of carbonyl (C=O) groups excluding carboxylic acids is 3. The molecule has 4 amide bonds. The maximum absolute atomic E-state index is 11.4. The topological polar surface area (TPSA) is 57.7 Å².